The molecular formula is C46H33N3. The summed E-state index contributed by atoms with van der Waals surface area (Å²) in [5, 5.41) is 7.66. The zero-order valence-corrected chi connectivity index (χ0v) is 27.2. The Bertz CT molecular complexity index is 2820. The molecule has 1 fully saturated rings. The molecule has 7 aromatic carbocycles. The minimum atomic E-state index is -0.0496. The van der Waals surface area contributed by atoms with Crippen LogP contribution in [0.4, 0.5) is 0 Å². The molecule has 3 nitrogen and oxygen atoms in total. The molecule has 49 heavy (non-hydrogen) atoms. The Labute approximate surface area is 284 Å². The van der Waals surface area contributed by atoms with Crippen LogP contribution in [-0.2, 0) is 5.41 Å². The van der Waals surface area contributed by atoms with Crippen LogP contribution in [0.2, 0.25) is 0 Å². The number of aromatic nitrogens is 3. The van der Waals surface area contributed by atoms with Crippen LogP contribution in [0.3, 0.4) is 0 Å². The fraction of sp³-hybridized carbons (Fsp3) is 0.130. The molecule has 2 heterocycles. The molecule has 0 saturated heterocycles. The van der Waals surface area contributed by atoms with E-state index < -0.39 is 0 Å². The topological polar surface area (TPSA) is 30.7 Å². The highest BCUT2D eigenvalue weighted by Gasteiger charge is 2.47. The van der Waals surface area contributed by atoms with Gasteiger partial charge >= 0.3 is 0 Å². The average Bonchev–Trinajstić information content (AvgIpc) is 3.65. The number of nitrogens with zero attached hydrogens (tertiary/aromatic N) is 3. The molecule has 0 radical (unpaired) electrons. The monoisotopic (exact) mass is 627 g/mol. The summed E-state index contributed by atoms with van der Waals surface area (Å²) in [5.41, 5.74) is 12.0. The van der Waals surface area contributed by atoms with Crippen molar-refractivity contribution in [3.8, 4) is 28.2 Å². The van der Waals surface area contributed by atoms with Gasteiger partial charge in [0, 0.05) is 21.8 Å². The van der Waals surface area contributed by atoms with E-state index in [0.717, 1.165) is 41.0 Å². The van der Waals surface area contributed by atoms with E-state index in [1.54, 1.807) is 0 Å². The Morgan fingerprint density at radius 2 is 1.22 bits per heavy atom. The van der Waals surface area contributed by atoms with Crippen molar-refractivity contribution in [2.75, 3.05) is 0 Å². The molecular weight excluding hydrogens is 595 g/mol. The second-order valence-corrected chi connectivity index (χ2v) is 14.0. The normalized spacial score (nSPS) is 15.1. The van der Waals surface area contributed by atoms with Crippen molar-refractivity contribution < 1.29 is 0 Å². The molecule has 2 aromatic heterocycles. The molecule has 0 aliphatic heterocycles. The second kappa shape index (κ2) is 10.1. The molecule has 2 aliphatic rings. The SMILES string of the molecule is c1ccc2c(c1)-c1c(c3c(c4ccccc14)c1ccccc1n3-c1nc3ccccc3nc1-c1ccc3ccccc3c1)C21CCCCC1. The highest BCUT2D eigenvalue weighted by atomic mass is 15.1. The zero-order chi connectivity index (χ0) is 32.1. The average molecular weight is 628 g/mol. The van der Waals surface area contributed by atoms with Gasteiger partial charge in [-0.15, -0.1) is 0 Å². The van der Waals surface area contributed by atoms with E-state index in [0.29, 0.717) is 0 Å². The first kappa shape index (κ1) is 27.2. The van der Waals surface area contributed by atoms with Gasteiger partial charge in [0.15, 0.2) is 5.82 Å². The van der Waals surface area contributed by atoms with Crippen LogP contribution < -0.4 is 0 Å². The van der Waals surface area contributed by atoms with Crippen molar-refractivity contribution in [3.63, 3.8) is 0 Å². The van der Waals surface area contributed by atoms with Crippen molar-refractivity contribution in [3.05, 3.63) is 151 Å². The largest absolute Gasteiger partial charge is 0.292 e. The minimum absolute atomic E-state index is 0.0496. The third kappa shape index (κ3) is 3.68. The maximum Gasteiger partial charge on any atom is 0.165 e. The number of hydrogen-bond donors (Lipinski definition) is 0. The van der Waals surface area contributed by atoms with E-state index in [9.17, 15) is 0 Å². The Balaban J connectivity index is 1.37. The Kier molecular flexibility index (Phi) is 5.60. The summed E-state index contributed by atoms with van der Waals surface area (Å²) in [6.07, 6.45) is 6.09. The van der Waals surface area contributed by atoms with Crippen molar-refractivity contribution in [1.29, 1.82) is 0 Å². The maximum absolute atomic E-state index is 5.56. The number of fused-ring (bicyclic) bond motifs is 14. The van der Waals surface area contributed by atoms with Crippen LogP contribution in [0.1, 0.15) is 43.2 Å². The van der Waals surface area contributed by atoms with Gasteiger partial charge < -0.3 is 0 Å². The van der Waals surface area contributed by atoms with Gasteiger partial charge in [-0.1, -0.05) is 135 Å². The quantitative estimate of drug-likeness (QED) is 0.191. The van der Waals surface area contributed by atoms with Gasteiger partial charge in [-0.3, -0.25) is 4.57 Å². The van der Waals surface area contributed by atoms with Gasteiger partial charge in [-0.2, -0.15) is 0 Å². The number of para-hydroxylation sites is 3. The van der Waals surface area contributed by atoms with E-state index in [1.807, 2.05) is 0 Å². The van der Waals surface area contributed by atoms with Crippen molar-refractivity contribution in [2.24, 2.45) is 0 Å². The molecule has 0 N–H and O–H groups in total. The van der Waals surface area contributed by atoms with E-state index in [-0.39, 0.29) is 5.41 Å². The molecule has 232 valence electrons. The predicted molar refractivity (Wildman–Crippen MR) is 204 cm³/mol. The minimum Gasteiger partial charge on any atom is -0.292 e. The van der Waals surface area contributed by atoms with E-state index >= 15 is 0 Å². The predicted octanol–water partition coefficient (Wildman–Crippen LogP) is 11.9. The number of benzene rings is 7. The summed E-state index contributed by atoms with van der Waals surface area (Å²) in [7, 11) is 0. The Morgan fingerprint density at radius 1 is 0.551 bits per heavy atom. The lowest BCUT2D eigenvalue weighted by Gasteiger charge is -2.36. The first-order valence-corrected chi connectivity index (χ1v) is 17.6. The van der Waals surface area contributed by atoms with Crippen molar-refractivity contribution in [1.82, 2.24) is 14.5 Å². The fourth-order valence-electron chi connectivity index (χ4n) is 9.49. The smallest absolute Gasteiger partial charge is 0.165 e. The van der Waals surface area contributed by atoms with Gasteiger partial charge in [-0.05, 0) is 80.9 Å². The highest BCUT2D eigenvalue weighted by molar-refractivity contribution is 6.27. The molecule has 0 atom stereocenters. The summed E-state index contributed by atoms with van der Waals surface area (Å²) < 4.78 is 2.50. The summed E-state index contributed by atoms with van der Waals surface area (Å²) in [5.74, 6) is 0.888. The summed E-state index contributed by atoms with van der Waals surface area (Å²) in [4.78, 5) is 11.0. The van der Waals surface area contributed by atoms with Crippen LogP contribution in [0.5, 0.6) is 0 Å². The lowest BCUT2D eigenvalue weighted by molar-refractivity contribution is 0.354. The highest BCUT2D eigenvalue weighted by Crippen LogP contribution is 2.61. The third-order valence-corrected chi connectivity index (χ3v) is 11.5. The summed E-state index contributed by atoms with van der Waals surface area (Å²) >= 11 is 0. The first-order valence-electron chi connectivity index (χ1n) is 17.6. The van der Waals surface area contributed by atoms with Crippen molar-refractivity contribution in [2.45, 2.75) is 37.5 Å². The van der Waals surface area contributed by atoms with Gasteiger partial charge in [0.2, 0.25) is 0 Å². The Hall–Kier alpha value is -5.80. The van der Waals surface area contributed by atoms with Gasteiger partial charge in [0.05, 0.1) is 22.1 Å². The first-order chi connectivity index (χ1) is 24.3. The lowest BCUT2D eigenvalue weighted by atomic mass is 9.67. The van der Waals surface area contributed by atoms with Crippen LogP contribution in [0.25, 0.3) is 82.6 Å². The standard InChI is InChI=1S/C46H33N3/c1-12-26-46(27-13-1)36-20-8-6-18-34(36)40-32-16-4-5-17-33(32)41-35-19-7-11-23-39(35)49(44(41)42(40)46)45-43(47-37-21-9-10-22-38(37)48-45)31-25-24-29-14-2-3-15-30(29)28-31/h2-11,14-25,28H,1,12-13,26-27H2. The molecule has 0 unspecified atom stereocenters. The third-order valence-electron chi connectivity index (χ3n) is 11.5. The summed E-state index contributed by atoms with van der Waals surface area (Å²) in [6, 6.07) is 51.0. The number of rotatable bonds is 2. The van der Waals surface area contributed by atoms with Crippen LogP contribution in [0, 0.1) is 0 Å². The van der Waals surface area contributed by atoms with Crippen molar-refractivity contribution >= 4 is 54.4 Å². The number of hydrogen-bond acceptors (Lipinski definition) is 2. The van der Waals surface area contributed by atoms with Crippen LogP contribution in [-0.4, -0.2) is 14.5 Å². The van der Waals surface area contributed by atoms with Gasteiger partial charge in [-0.25, -0.2) is 9.97 Å². The summed E-state index contributed by atoms with van der Waals surface area (Å²) in [6.45, 7) is 0. The molecule has 0 bridgehead atoms. The Morgan fingerprint density at radius 3 is 2.08 bits per heavy atom. The molecule has 1 spiro atoms. The fourth-order valence-corrected chi connectivity index (χ4v) is 9.49. The van der Waals surface area contributed by atoms with Crippen LogP contribution in [0.15, 0.2) is 140 Å². The van der Waals surface area contributed by atoms with E-state index in [1.165, 1.54) is 84.9 Å². The van der Waals surface area contributed by atoms with Gasteiger partial charge in [0.25, 0.3) is 0 Å². The molecule has 9 aromatic rings. The van der Waals surface area contributed by atoms with E-state index in [2.05, 4.69) is 144 Å². The lowest BCUT2D eigenvalue weighted by Crippen LogP contribution is -2.28. The second-order valence-electron chi connectivity index (χ2n) is 14.0. The molecule has 0 amide bonds. The zero-order valence-electron chi connectivity index (χ0n) is 27.2. The molecule has 1 saturated carbocycles. The van der Waals surface area contributed by atoms with Gasteiger partial charge in [0.1, 0.15) is 5.69 Å². The molecule has 2 aliphatic carbocycles. The molecule has 11 rings (SSSR count). The molecule has 3 heteroatoms. The van der Waals surface area contributed by atoms with E-state index in [4.69, 9.17) is 9.97 Å². The maximum atomic E-state index is 5.56. The van der Waals surface area contributed by atoms with Crippen LogP contribution >= 0.6 is 0 Å².